The Morgan fingerprint density at radius 2 is 2.07 bits per heavy atom. The normalized spacial score (nSPS) is 29.1. The molecule has 14 heavy (non-hydrogen) atoms. The fourth-order valence-corrected chi connectivity index (χ4v) is 2.23. The smallest absolute Gasteiger partial charge is 0.0743 e. The summed E-state index contributed by atoms with van der Waals surface area (Å²) in [6.45, 7) is 6.60. The lowest BCUT2D eigenvalue weighted by molar-refractivity contribution is 0.308. The van der Waals surface area contributed by atoms with Gasteiger partial charge in [-0.3, -0.25) is 10.2 Å². The van der Waals surface area contributed by atoms with Crippen molar-refractivity contribution >= 4 is 0 Å². The van der Waals surface area contributed by atoms with Gasteiger partial charge in [-0.1, -0.05) is 5.92 Å². The molecule has 1 aliphatic heterocycles. The Hall–Kier alpha value is -0.520. The molecule has 1 atom stereocenters. The van der Waals surface area contributed by atoms with Crippen LogP contribution in [0.1, 0.15) is 33.1 Å². The maximum absolute atomic E-state index is 5.47. The van der Waals surface area contributed by atoms with Gasteiger partial charge in [0.25, 0.3) is 0 Å². The third kappa shape index (κ3) is 2.29. The molecule has 0 bridgehead atoms. The Labute approximate surface area is 87.1 Å². The molecule has 0 spiro atoms. The zero-order valence-electron chi connectivity index (χ0n) is 9.21. The Kier molecular flexibility index (Phi) is 2.55. The molecule has 1 N–H and O–H groups in total. The predicted octanol–water partition coefficient (Wildman–Crippen LogP) is 1.22. The van der Waals surface area contributed by atoms with E-state index >= 15 is 0 Å². The lowest BCUT2D eigenvalue weighted by Gasteiger charge is -2.25. The molecule has 2 aliphatic rings. The first kappa shape index (κ1) is 10.0. The van der Waals surface area contributed by atoms with Gasteiger partial charge < -0.3 is 0 Å². The maximum Gasteiger partial charge on any atom is 0.0743 e. The van der Waals surface area contributed by atoms with Crippen LogP contribution in [0, 0.1) is 12.3 Å². The van der Waals surface area contributed by atoms with Crippen LogP contribution in [-0.2, 0) is 0 Å². The van der Waals surface area contributed by atoms with Gasteiger partial charge in [-0.2, -0.15) is 0 Å². The highest BCUT2D eigenvalue weighted by Gasteiger charge is 2.35. The van der Waals surface area contributed by atoms with E-state index in [1.54, 1.807) is 0 Å². The van der Waals surface area contributed by atoms with Crippen LogP contribution in [0.15, 0.2) is 0 Å². The van der Waals surface area contributed by atoms with Gasteiger partial charge in [0, 0.05) is 25.2 Å². The number of nitrogens with one attached hydrogen (secondary N) is 1. The molecule has 0 aromatic rings. The highest BCUT2D eigenvalue weighted by Crippen LogP contribution is 2.30. The minimum Gasteiger partial charge on any atom is -0.299 e. The van der Waals surface area contributed by atoms with Gasteiger partial charge >= 0.3 is 0 Å². The van der Waals surface area contributed by atoms with Crippen molar-refractivity contribution in [2.45, 2.75) is 50.7 Å². The van der Waals surface area contributed by atoms with E-state index in [1.165, 1.54) is 32.4 Å². The van der Waals surface area contributed by atoms with Crippen molar-refractivity contribution in [3.63, 3.8) is 0 Å². The summed E-state index contributed by atoms with van der Waals surface area (Å²) >= 11 is 0. The molecule has 1 heterocycles. The van der Waals surface area contributed by atoms with Gasteiger partial charge in [0.2, 0.25) is 0 Å². The van der Waals surface area contributed by atoms with E-state index in [0.717, 1.165) is 6.04 Å². The van der Waals surface area contributed by atoms with Gasteiger partial charge in [-0.25, -0.2) is 0 Å². The molecule has 0 radical (unpaired) electrons. The summed E-state index contributed by atoms with van der Waals surface area (Å²) in [5.74, 6) is 2.80. The molecule has 1 saturated carbocycles. The molecule has 0 amide bonds. The topological polar surface area (TPSA) is 15.3 Å². The monoisotopic (exact) mass is 192 g/mol. The molecular formula is C12H20N2. The molecule has 0 aromatic heterocycles. The number of rotatable bonds is 3. The molecule has 1 saturated heterocycles. The molecule has 2 fully saturated rings. The lowest BCUT2D eigenvalue weighted by Crippen LogP contribution is -2.46. The fraction of sp³-hybridized carbons (Fsp3) is 0.833. The van der Waals surface area contributed by atoms with Crippen LogP contribution in [0.4, 0.5) is 0 Å². The van der Waals surface area contributed by atoms with E-state index < -0.39 is 0 Å². The van der Waals surface area contributed by atoms with E-state index in [2.05, 4.69) is 30.0 Å². The molecule has 78 valence electrons. The Morgan fingerprint density at radius 1 is 1.36 bits per heavy atom. The van der Waals surface area contributed by atoms with Crippen molar-refractivity contribution in [3.8, 4) is 12.3 Å². The molecule has 0 aromatic carbocycles. The third-order valence-corrected chi connectivity index (χ3v) is 3.21. The second-order valence-electron chi connectivity index (χ2n) is 5.13. The summed E-state index contributed by atoms with van der Waals surface area (Å²) in [6, 6.07) is 1.50. The molecule has 2 rings (SSSR count). The minimum atomic E-state index is -0.149. The fourth-order valence-electron chi connectivity index (χ4n) is 2.23. The van der Waals surface area contributed by atoms with Crippen molar-refractivity contribution in [1.82, 2.24) is 10.2 Å². The highest BCUT2D eigenvalue weighted by molar-refractivity contribution is 5.09. The molecular weight excluding hydrogens is 172 g/mol. The van der Waals surface area contributed by atoms with Crippen molar-refractivity contribution < 1.29 is 0 Å². The van der Waals surface area contributed by atoms with Crippen LogP contribution in [0.5, 0.6) is 0 Å². The van der Waals surface area contributed by atoms with E-state index in [4.69, 9.17) is 6.42 Å². The summed E-state index contributed by atoms with van der Waals surface area (Å²) in [5.41, 5.74) is -0.149. The van der Waals surface area contributed by atoms with Gasteiger partial charge in [0.15, 0.2) is 0 Å². The predicted molar refractivity (Wildman–Crippen MR) is 59.0 cm³/mol. The number of nitrogens with zero attached hydrogens (tertiary/aromatic N) is 1. The third-order valence-electron chi connectivity index (χ3n) is 3.21. The Morgan fingerprint density at radius 3 is 2.64 bits per heavy atom. The SMILES string of the molecule is C#CC(C)(C)NC1CCN(C2CC2)C1. The van der Waals surface area contributed by atoms with Crippen molar-refractivity contribution in [2.24, 2.45) is 0 Å². The number of hydrogen-bond donors (Lipinski definition) is 1. The number of terminal acetylenes is 1. The van der Waals surface area contributed by atoms with Crippen LogP contribution >= 0.6 is 0 Å². The molecule has 2 nitrogen and oxygen atoms in total. The summed E-state index contributed by atoms with van der Waals surface area (Å²) in [5, 5.41) is 3.54. The van der Waals surface area contributed by atoms with Crippen LogP contribution in [-0.4, -0.2) is 35.6 Å². The maximum atomic E-state index is 5.47. The Bertz CT molecular complexity index is 248. The van der Waals surface area contributed by atoms with Crippen LogP contribution in [0.2, 0.25) is 0 Å². The second kappa shape index (κ2) is 3.56. The van der Waals surface area contributed by atoms with Gasteiger partial charge in [0.05, 0.1) is 5.54 Å². The summed E-state index contributed by atoms with van der Waals surface area (Å²) in [4.78, 5) is 2.60. The minimum absolute atomic E-state index is 0.149. The first-order valence-electron chi connectivity index (χ1n) is 5.60. The average Bonchev–Trinajstić information content (AvgIpc) is 2.89. The largest absolute Gasteiger partial charge is 0.299 e. The number of hydrogen-bond acceptors (Lipinski definition) is 2. The highest BCUT2D eigenvalue weighted by atomic mass is 15.2. The van der Waals surface area contributed by atoms with Crippen molar-refractivity contribution in [2.75, 3.05) is 13.1 Å². The van der Waals surface area contributed by atoms with Crippen molar-refractivity contribution in [3.05, 3.63) is 0 Å². The second-order valence-corrected chi connectivity index (χ2v) is 5.13. The first-order valence-corrected chi connectivity index (χ1v) is 5.60. The Balaban J connectivity index is 1.81. The standard InChI is InChI=1S/C12H20N2/c1-4-12(2,3)13-10-7-8-14(9-10)11-5-6-11/h1,10-11,13H,5-9H2,2-3H3. The van der Waals surface area contributed by atoms with Gasteiger partial charge in [-0.05, 0) is 33.1 Å². The van der Waals surface area contributed by atoms with E-state index in [-0.39, 0.29) is 5.54 Å². The summed E-state index contributed by atoms with van der Waals surface area (Å²) in [7, 11) is 0. The van der Waals surface area contributed by atoms with E-state index in [0.29, 0.717) is 6.04 Å². The lowest BCUT2D eigenvalue weighted by atomic mass is 10.1. The average molecular weight is 192 g/mol. The summed E-state index contributed by atoms with van der Waals surface area (Å²) in [6.07, 6.45) is 9.53. The van der Waals surface area contributed by atoms with Crippen molar-refractivity contribution in [1.29, 1.82) is 0 Å². The van der Waals surface area contributed by atoms with E-state index in [1.807, 2.05) is 0 Å². The van der Waals surface area contributed by atoms with Crippen LogP contribution in [0.25, 0.3) is 0 Å². The number of likely N-dealkylation sites (tertiary alicyclic amines) is 1. The van der Waals surface area contributed by atoms with Crippen LogP contribution in [0.3, 0.4) is 0 Å². The summed E-state index contributed by atoms with van der Waals surface area (Å²) < 4.78 is 0. The molecule has 2 heteroatoms. The van der Waals surface area contributed by atoms with Crippen LogP contribution < -0.4 is 5.32 Å². The van der Waals surface area contributed by atoms with Gasteiger partial charge in [0.1, 0.15) is 0 Å². The zero-order chi connectivity index (χ0) is 10.2. The molecule has 1 aliphatic carbocycles. The quantitative estimate of drug-likeness (QED) is 0.676. The van der Waals surface area contributed by atoms with Gasteiger partial charge in [-0.15, -0.1) is 6.42 Å². The zero-order valence-corrected chi connectivity index (χ0v) is 9.21. The molecule has 1 unspecified atom stereocenters. The first-order chi connectivity index (χ1) is 6.61. The van der Waals surface area contributed by atoms with E-state index in [9.17, 15) is 0 Å².